The van der Waals surface area contributed by atoms with E-state index in [9.17, 15) is 10.5 Å². The van der Waals surface area contributed by atoms with Crippen LogP contribution in [0, 0.1) is 29.6 Å². The number of aryl methyl sites for hydroxylation is 1. The molecule has 4 heteroatoms. The molecule has 1 rings (SSSR count). The van der Waals surface area contributed by atoms with Gasteiger partial charge in [-0.15, -0.1) is 23.5 Å². The van der Waals surface area contributed by atoms with E-state index in [1.165, 1.54) is 0 Å². The quantitative estimate of drug-likeness (QED) is 0.594. The summed E-state index contributed by atoms with van der Waals surface area (Å²) in [5.74, 6) is 0. The molecule has 0 aliphatic heterocycles. The lowest BCUT2D eigenvalue weighted by molar-refractivity contribution is 1.41. The van der Waals surface area contributed by atoms with E-state index in [4.69, 9.17) is 0 Å². The van der Waals surface area contributed by atoms with Gasteiger partial charge in [-0.05, 0) is 37.5 Å². The fourth-order valence-corrected chi connectivity index (χ4v) is 3.38. The maximum absolute atomic E-state index is 9.22. The van der Waals surface area contributed by atoms with E-state index >= 15 is 0 Å². The van der Waals surface area contributed by atoms with Crippen LogP contribution in [0.4, 0.5) is 0 Å². The third-order valence-corrected chi connectivity index (χ3v) is 5.22. The molecule has 1 aromatic carbocycles. The molecule has 0 spiro atoms. The highest BCUT2D eigenvalue weighted by Crippen LogP contribution is 2.36. The Bertz CT molecular complexity index is 604. The zero-order valence-electron chi connectivity index (χ0n) is 12.0. The molecule has 0 bridgehead atoms. The van der Waals surface area contributed by atoms with Crippen LogP contribution in [0.15, 0.2) is 39.6 Å². The molecule has 1 aromatic rings. The number of hydrogen-bond acceptors (Lipinski definition) is 4. The van der Waals surface area contributed by atoms with Crippen molar-refractivity contribution in [1.82, 2.24) is 0 Å². The van der Waals surface area contributed by atoms with Gasteiger partial charge in [0.05, 0.1) is 0 Å². The first-order valence-corrected chi connectivity index (χ1v) is 8.44. The standard InChI is InChI=1S/C16H16N2S2/c1-11-5-7-13(8-6-11)15(14(9-17)10-18)12(2)16(19-3)20-4/h5-8H,1-4H3. The first-order valence-electron chi connectivity index (χ1n) is 5.99. The van der Waals surface area contributed by atoms with Gasteiger partial charge in [-0.2, -0.15) is 10.5 Å². The molecule has 0 amide bonds. The van der Waals surface area contributed by atoms with Crippen molar-refractivity contribution in [2.45, 2.75) is 13.8 Å². The fraction of sp³-hybridized carbons (Fsp3) is 0.250. The van der Waals surface area contributed by atoms with Crippen LogP contribution in [-0.4, -0.2) is 12.5 Å². The number of allylic oxidation sites excluding steroid dienone is 3. The zero-order chi connectivity index (χ0) is 15.1. The predicted octanol–water partition coefficient (Wildman–Crippen LogP) is 4.75. The second-order valence-electron chi connectivity index (χ2n) is 4.16. The molecule has 0 fully saturated rings. The highest BCUT2D eigenvalue weighted by molar-refractivity contribution is 8.21. The van der Waals surface area contributed by atoms with Crippen LogP contribution < -0.4 is 0 Å². The van der Waals surface area contributed by atoms with Gasteiger partial charge in [0.1, 0.15) is 17.7 Å². The van der Waals surface area contributed by atoms with Crippen LogP contribution in [-0.2, 0) is 0 Å². The summed E-state index contributed by atoms with van der Waals surface area (Å²) in [6.07, 6.45) is 4.00. The van der Waals surface area contributed by atoms with Gasteiger partial charge in [-0.25, -0.2) is 0 Å². The van der Waals surface area contributed by atoms with Gasteiger partial charge < -0.3 is 0 Å². The smallest absolute Gasteiger partial charge is 0.137 e. The van der Waals surface area contributed by atoms with E-state index in [0.29, 0.717) is 0 Å². The van der Waals surface area contributed by atoms with Crippen molar-refractivity contribution in [3.05, 3.63) is 50.8 Å². The van der Waals surface area contributed by atoms with Gasteiger partial charge in [0.2, 0.25) is 0 Å². The third-order valence-electron chi connectivity index (χ3n) is 2.87. The Morgan fingerprint density at radius 1 is 1.00 bits per heavy atom. The van der Waals surface area contributed by atoms with E-state index in [-0.39, 0.29) is 5.57 Å². The van der Waals surface area contributed by atoms with Crippen LogP contribution in [0.1, 0.15) is 18.1 Å². The van der Waals surface area contributed by atoms with Crippen LogP contribution in [0.5, 0.6) is 0 Å². The van der Waals surface area contributed by atoms with Gasteiger partial charge >= 0.3 is 0 Å². The number of thioether (sulfide) groups is 2. The lowest BCUT2D eigenvalue weighted by atomic mass is 9.95. The summed E-state index contributed by atoms with van der Waals surface area (Å²) in [5.41, 5.74) is 3.93. The van der Waals surface area contributed by atoms with Crippen molar-refractivity contribution in [2.75, 3.05) is 12.5 Å². The second kappa shape index (κ2) is 7.85. The minimum atomic E-state index is 0.159. The first kappa shape index (κ1) is 16.4. The van der Waals surface area contributed by atoms with E-state index in [1.54, 1.807) is 23.5 Å². The lowest BCUT2D eigenvalue weighted by Crippen LogP contribution is -1.94. The molecular formula is C16H16N2S2. The maximum Gasteiger partial charge on any atom is 0.137 e. The highest BCUT2D eigenvalue weighted by atomic mass is 32.2. The van der Waals surface area contributed by atoms with E-state index in [2.05, 4.69) is 0 Å². The van der Waals surface area contributed by atoms with Gasteiger partial charge in [0, 0.05) is 9.81 Å². The van der Waals surface area contributed by atoms with Crippen LogP contribution in [0.2, 0.25) is 0 Å². The van der Waals surface area contributed by atoms with Crippen LogP contribution in [0.25, 0.3) is 5.57 Å². The minimum Gasteiger partial charge on any atom is -0.192 e. The first-order chi connectivity index (χ1) is 9.58. The Hall–Kier alpha value is -1.62. The molecule has 2 nitrogen and oxygen atoms in total. The molecule has 102 valence electrons. The largest absolute Gasteiger partial charge is 0.192 e. The normalized spacial score (nSPS) is 9.30. The number of hydrogen-bond donors (Lipinski definition) is 0. The van der Waals surface area contributed by atoms with Crippen LogP contribution >= 0.6 is 23.5 Å². The maximum atomic E-state index is 9.22. The third kappa shape index (κ3) is 3.70. The molecule has 20 heavy (non-hydrogen) atoms. The topological polar surface area (TPSA) is 47.6 Å². The van der Waals surface area contributed by atoms with Crippen molar-refractivity contribution >= 4 is 29.1 Å². The number of rotatable bonds is 4. The van der Waals surface area contributed by atoms with Crippen molar-refractivity contribution in [3.8, 4) is 12.1 Å². The molecule has 0 N–H and O–H groups in total. The predicted molar refractivity (Wildman–Crippen MR) is 89.1 cm³/mol. The Morgan fingerprint density at radius 2 is 1.50 bits per heavy atom. The molecule has 0 radical (unpaired) electrons. The average molecular weight is 300 g/mol. The summed E-state index contributed by atoms with van der Waals surface area (Å²) in [5, 5.41) is 18.4. The summed E-state index contributed by atoms with van der Waals surface area (Å²) < 4.78 is 1.11. The molecule has 0 saturated heterocycles. The molecule has 0 unspecified atom stereocenters. The molecule has 0 atom stereocenters. The van der Waals surface area contributed by atoms with Gasteiger partial charge in [0.25, 0.3) is 0 Å². The van der Waals surface area contributed by atoms with E-state index in [0.717, 1.165) is 26.5 Å². The number of nitrogens with zero attached hydrogens (tertiary/aromatic N) is 2. The second-order valence-corrected chi connectivity index (χ2v) is 6.05. The summed E-state index contributed by atoms with van der Waals surface area (Å²) in [4.78, 5) is 0. The van der Waals surface area contributed by atoms with E-state index in [1.807, 2.05) is 62.8 Å². The summed E-state index contributed by atoms with van der Waals surface area (Å²) >= 11 is 3.26. The summed E-state index contributed by atoms with van der Waals surface area (Å²) in [6, 6.07) is 11.9. The molecule has 0 heterocycles. The van der Waals surface area contributed by atoms with Gasteiger partial charge in [-0.3, -0.25) is 0 Å². The Morgan fingerprint density at radius 3 is 1.90 bits per heavy atom. The Kier molecular flexibility index (Phi) is 6.45. The average Bonchev–Trinajstić information content (AvgIpc) is 2.47. The summed E-state index contributed by atoms with van der Waals surface area (Å²) in [7, 11) is 0. The molecule has 0 saturated carbocycles. The van der Waals surface area contributed by atoms with Gasteiger partial charge in [0.15, 0.2) is 0 Å². The lowest BCUT2D eigenvalue weighted by Gasteiger charge is -2.13. The van der Waals surface area contributed by atoms with Crippen molar-refractivity contribution in [3.63, 3.8) is 0 Å². The van der Waals surface area contributed by atoms with Crippen molar-refractivity contribution < 1.29 is 0 Å². The van der Waals surface area contributed by atoms with Gasteiger partial charge in [-0.1, -0.05) is 29.8 Å². The van der Waals surface area contributed by atoms with Crippen molar-refractivity contribution in [1.29, 1.82) is 10.5 Å². The molecule has 0 aliphatic carbocycles. The number of nitriles is 2. The highest BCUT2D eigenvalue weighted by Gasteiger charge is 2.14. The van der Waals surface area contributed by atoms with E-state index < -0.39 is 0 Å². The number of benzene rings is 1. The monoisotopic (exact) mass is 300 g/mol. The fourth-order valence-electron chi connectivity index (χ4n) is 1.90. The minimum absolute atomic E-state index is 0.159. The summed E-state index contributed by atoms with van der Waals surface area (Å²) in [6.45, 7) is 3.98. The zero-order valence-corrected chi connectivity index (χ0v) is 13.7. The van der Waals surface area contributed by atoms with Crippen molar-refractivity contribution in [2.24, 2.45) is 0 Å². The Balaban J connectivity index is 3.59. The molecule has 0 aromatic heterocycles. The Labute approximate surface area is 129 Å². The molecular weight excluding hydrogens is 284 g/mol. The SMILES string of the molecule is CSC(SC)=C(C)C(=C(C#N)C#N)c1ccc(C)cc1. The molecule has 0 aliphatic rings. The van der Waals surface area contributed by atoms with Crippen LogP contribution in [0.3, 0.4) is 0 Å².